The van der Waals surface area contributed by atoms with Crippen molar-refractivity contribution in [3.63, 3.8) is 0 Å². The number of benzene rings is 3. The van der Waals surface area contributed by atoms with Crippen LogP contribution in [0.3, 0.4) is 0 Å². The summed E-state index contributed by atoms with van der Waals surface area (Å²) >= 11 is 4.90. The first kappa shape index (κ1) is 20.1. The zero-order valence-electron chi connectivity index (χ0n) is 16.6. The molecule has 0 bridgehead atoms. The smallest absolute Gasteiger partial charge is 0.341 e. The zero-order chi connectivity index (χ0) is 21.6. The highest BCUT2D eigenvalue weighted by atomic mass is 79.9. The van der Waals surface area contributed by atoms with E-state index in [1.807, 2.05) is 67.6 Å². The Morgan fingerprint density at radius 3 is 2.55 bits per heavy atom. The largest absolute Gasteiger partial charge is 0.422 e. The maximum atomic E-state index is 13.7. The van der Waals surface area contributed by atoms with Crippen LogP contribution in [-0.4, -0.2) is 11.0 Å². The summed E-state index contributed by atoms with van der Waals surface area (Å²) in [7, 11) is 0. The van der Waals surface area contributed by atoms with Gasteiger partial charge in [0.1, 0.15) is 5.58 Å². The number of Topliss-reactive ketones (excluding diaryl/α,β-unsaturated/α-hetero) is 1. The highest BCUT2D eigenvalue weighted by Crippen LogP contribution is 2.47. The van der Waals surface area contributed by atoms with E-state index >= 15 is 0 Å². The third kappa shape index (κ3) is 3.50. The Morgan fingerprint density at radius 1 is 1.03 bits per heavy atom. The highest BCUT2D eigenvalue weighted by Gasteiger charge is 2.47. The number of carbonyl (C=O) groups is 1. The van der Waals surface area contributed by atoms with Gasteiger partial charge in [0.25, 0.3) is 0 Å². The standard InChI is InChI=1S/C25H18BrNO3S/c1-25(18-14-16-6-2-4-8-20(16)30-24(18)29)23(22(28)15-10-12-17(26)13-11-15)31-21-9-5-3-7-19(21)27-25/h2-14,23,27H,1H3/t23-,25+/m0/s1. The van der Waals surface area contributed by atoms with Gasteiger partial charge in [0.2, 0.25) is 0 Å². The maximum absolute atomic E-state index is 13.7. The van der Waals surface area contributed by atoms with E-state index in [4.69, 9.17) is 4.42 Å². The Labute approximate surface area is 191 Å². The predicted octanol–water partition coefficient (Wildman–Crippen LogP) is 6.24. The molecular formula is C25H18BrNO3S. The molecule has 1 aliphatic heterocycles. The number of nitrogens with one attached hydrogen (secondary N) is 1. The second-order valence-corrected chi connectivity index (χ2v) is 9.74. The number of para-hydroxylation sites is 2. The number of ketones is 1. The Morgan fingerprint density at radius 2 is 1.74 bits per heavy atom. The van der Waals surface area contributed by atoms with Crippen molar-refractivity contribution in [3.05, 3.63) is 105 Å². The van der Waals surface area contributed by atoms with E-state index in [9.17, 15) is 9.59 Å². The van der Waals surface area contributed by atoms with Crippen LogP contribution in [-0.2, 0) is 5.54 Å². The van der Waals surface area contributed by atoms with Gasteiger partial charge in [-0.25, -0.2) is 4.79 Å². The summed E-state index contributed by atoms with van der Waals surface area (Å²) in [5.41, 5.74) is 1.04. The van der Waals surface area contributed by atoms with Crippen molar-refractivity contribution < 1.29 is 9.21 Å². The van der Waals surface area contributed by atoms with Crippen molar-refractivity contribution in [2.45, 2.75) is 22.6 Å². The van der Waals surface area contributed by atoms with Crippen LogP contribution in [0.15, 0.2) is 97.4 Å². The van der Waals surface area contributed by atoms with E-state index in [1.54, 1.807) is 18.2 Å². The summed E-state index contributed by atoms with van der Waals surface area (Å²) in [5, 5.41) is 3.75. The van der Waals surface area contributed by atoms with Crippen LogP contribution < -0.4 is 10.9 Å². The maximum Gasteiger partial charge on any atom is 0.341 e. The molecule has 0 spiro atoms. The molecule has 0 saturated heterocycles. The quantitative estimate of drug-likeness (QED) is 0.271. The fourth-order valence-corrected chi connectivity index (χ4v) is 5.56. The molecule has 1 aliphatic rings. The van der Waals surface area contributed by atoms with Gasteiger partial charge >= 0.3 is 5.63 Å². The van der Waals surface area contributed by atoms with Gasteiger partial charge in [0.05, 0.1) is 16.4 Å². The van der Waals surface area contributed by atoms with Crippen LogP contribution in [0.4, 0.5) is 5.69 Å². The van der Waals surface area contributed by atoms with E-state index in [-0.39, 0.29) is 5.78 Å². The van der Waals surface area contributed by atoms with Crippen molar-refractivity contribution in [1.29, 1.82) is 0 Å². The second-order valence-electron chi connectivity index (χ2n) is 7.68. The molecule has 1 N–H and O–H groups in total. The number of carbonyl (C=O) groups excluding carboxylic acids is 1. The zero-order valence-corrected chi connectivity index (χ0v) is 19.0. The lowest BCUT2D eigenvalue weighted by Gasteiger charge is -2.42. The molecule has 3 aromatic carbocycles. The Kier molecular flexibility index (Phi) is 4.99. The molecular weight excluding hydrogens is 474 g/mol. The number of hydrogen-bond donors (Lipinski definition) is 1. The minimum Gasteiger partial charge on any atom is -0.422 e. The first-order valence-electron chi connectivity index (χ1n) is 9.83. The SMILES string of the molecule is C[C@]1(c2cc3ccccc3oc2=O)Nc2ccccc2S[C@H]1C(=O)c1ccc(Br)cc1. The topological polar surface area (TPSA) is 59.3 Å². The minimum absolute atomic E-state index is 0.0467. The summed E-state index contributed by atoms with van der Waals surface area (Å²) in [6, 6.07) is 24.4. The predicted molar refractivity (Wildman–Crippen MR) is 128 cm³/mol. The van der Waals surface area contributed by atoms with Crippen molar-refractivity contribution in [3.8, 4) is 0 Å². The van der Waals surface area contributed by atoms with Crippen molar-refractivity contribution in [2.24, 2.45) is 0 Å². The van der Waals surface area contributed by atoms with Gasteiger partial charge in [-0.2, -0.15) is 0 Å². The van der Waals surface area contributed by atoms with Gasteiger partial charge in [0, 0.05) is 26.0 Å². The number of rotatable bonds is 3. The molecule has 0 aliphatic carbocycles. The Bertz CT molecular complexity index is 1370. The molecule has 0 saturated carbocycles. The molecule has 4 aromatic rings. The van der Waals surface area contributed by atoms with E-state index in [0.29, 0.717) is 16.7 Å². The molecule has 6 heteroatoms. The third-order valence-electron chi connectivity index (χ3n) is 5.62. The molecule has 154 valence electrons. The summed E-state index contributed by atoms with van der Waals surface area (Å²) in [6.45, 7) is 1.90. The Hall–Kier alpha value is -2.83. The first-order chi connectivity index (χ1) is 15.0. The summed E-state index contributed by atoms with van der Waals surface area (Å²) in [5.74, 6) is -0.0467. The van der Waals surface area contributed by atoms with Gasteiger partial charge in [-0.05, 0) is 43.3 Å². The van der Waals surface area contributed by atoms with Crippen LogP contribution in [0.1, 0.15) is 22.8 Å². The summed E-state index contributed by atoms with van der Waals surface area (Å²) in [6.07, 6.45) is 0. The van der Waals surface area contributed by atoms with Crippen LogP contribution in [0, 0.1) is 0 Å². The molecule has 0 amide bonds. The molecule has 0 fully saturated rings. The Balaban J connectivity index is 1.69. The number of thioether (sulfide) groups is 1. The van der Waals surface area contributed by atoms with Gasteiger partial charge in [0.15, 0.2) is 5.78 Å². The van der Waals surface area contributed by atoms with Gasteiger partial charge in [-0.1, -0.05) is 58.4 Å². The van der Waals surface area contributed by atoms with Crippen molar-refractivity contribution >= 4 is 50.1 Å². The first-order valence-corrected chi connectivity index (χ1v) is 11.5. The minimum atomic E-state index is -0.964. The molecule has 5 rings (SSSR count). The van der Waals surface area contributed by atoms with Crippen LogP contribution in [0.5, 0.6) is 0 Å². The van der Waals surface area contributed by atoms with E-state index in [2.05, 4.69) is 21.2 Å². The lowest BCUT2D eigenvalue weighted by Crippen LogP contribution is -2.50. The van der Waals surface area contributed by atoms with Crippen LogP contribution >= 0.6 is 27.7 Å². The number of fused-ring (bicyclic) bond motifs is 2. The number of hydrogen-bond acceptors (Lipinski definition) is 5. The molecule has 2 heterocycles. The second kappa shape index (κ2) is 7.70. The number of anilines is 1. The van der Waals surface area contributed by atoms with E-state index in [0.717, 1.165) is 20.4 Å². The normalized spacial score (nSPS) is 20.1. The summed E-state index contributed by atoms with van der Waals surface area (Å²) in [4.78, 5) is 27.7. The van der Waals surface area contributed by atoms with E-state index < -0.39 is 16.4 Å². The fourth-order valence-electron chi connectivity index (χ4n) is 3.98. The average Bonchev–Trinajstić information content (AvgIpc) is 2.78. The summed E-state index contributed by atoms with van der Waals surface area (Å²) < 4.78 is 6.53. The van der Waals surface area contributed by atoms with Gasteiger partial charge in [-0.15, -0.1) is 11.8 Å². The highest BCUT2D eigenvalue weighted by molar-refractivity contribution is 9.10. The molecule has 2 atom stereocenters. The number of halogens is 1. The third-order valence-corrected chi connectivity index (χ3v) is 7.68. The monoisotopic (exact) mass is 491 g/mol. The molecule has 0 unspecified atom stereocenters. The van der Waals surface area contributed by atoms with Gasteiger partial charge in [-0.3, -0.25) is 4.79 Å². The lowest BCUT2D eigenvalue weighted by atomic mass is 9.84. The molecule has 31 heavy (non-hydrogen) atoms. The molecule has 0 radical (unpaired) electrons. The molecule has 4 nitrogen and oxygen atoms in total. The van der Waals surface area contributed by atoms with E-state index in [1.165, 1.54) is 11.8 Å². The van der Waals surface area contributed by atoms with Crippen molar-refractivity contribution in [2.75, 3.05) is 5.32 Å². The fraction of sp³-hybridized carbons (Fsp3) is 0.120. The average molecular weight is 492 g/mol. The van der Waals surface area contributed by atoms with Crippen LogP contribution in [0.2, 0.25) is 0 Å². The lowest BCUT2D eigenvalue weighted by molar-refractivity contribution is 0.0967. The van der Waals surface area contributed by atoms with Gasteiger partial charge < -0.3 is 9.73 Å². The molecule has 1 aromatic heterocycles. The van der Waals surface area contributed by atoms with Crippen LogP contribution in [0.25, 0.3) is 11.0 Å². The van der Waals surface area contributed by atoms with Crippen molar-refractivity contribution in [1.82, 2.24) is 0 Å².